The van der Waals surface area contributed by atoms with Crippen molar-refractivity contribution in [3.05, 3.63) is 23.2 Å². The third kappa shape index (κ3) is 4.52. The Hall–Kier alpha value is -1.46. The maximum atomic E-state index is 12.4. The molecular weight excluding hydrogens is 316 g/mol. The topological polar surface area (TPSA) is 61.8 Å². The number of nitrogens with one attached hydrogen (secondary N) is 1. The van der Waals surface area contributed by atoms with Crippen molar-refractivity contribution in [3.8, 4) is 5.75 Å². The van der Waals surface area contributed by atoms with Gasteiger partial charge in [-0.1, -0.05) is 18.5 Å². The molecule has 0 bridgehead atoms. The maximum absolute atomic E-state index is 12.4. The molecule has 0 radical (unpaired) electrons. The lowest BCUT2D eigenvalue weighted by molar-refractivity contribution is -0.137. The number of hydrogen-bond acceptors (Lipinski definition) is 4. The molecule has 2 unspecified atom stereocenters. The number of ether oxygens (including phenoxy) is 1. The van der Waals surface area contributed by atoms with Crippen LogP contribution in [0.25, 0.3) is 0 Å². The van der Waals surface area contributed by atoms with Crippen LogP contribution in [0, 0.1) is 5.92 Å². The van der Waals surface area contributed by atoms with Crippen molar-refractivity contribution < 1.29 is 14.6 Å². The fourth-order valence-electron chi connectivity index (χ4n) is 3.10. The predicted molar refractivity (Wildman–Crippen MR) is 92.1 cm³/mol. The van der Waals surface area contributed by atoms with Gasteiger partial charge in [0.25, 0.3) is 0 Å². The van der Waals surface area contributed by atoms with Gasteiger partial charge in [-0.05, 0) is 37.0 Å². The summed E-state index contributed by atoms with van der Waals surface area (Å²) in [6.07, 6.45) is 2.44. The van der Waals surface area contributed by atoms with Gasteiger partial charge < -0.3 is 20.1 Å². The number of rotatable bonds is 6. The molecule has 2 N–H and O–H groups in total. The molecule has 0 spiro atoms. The molecule has 1 fully saturated rings. The normalized spacial score (nSPS) is 21.1. The second-order valence-electron chi connectivity index (χ2n) is 5.98. The lowest BCUT2D eigenvalue weighted by Crippen LogP contribution is -2.49. The first kappa shape index (κ1) is 17.9. The van der Waals surface area contributed by atoms with Crippen LogP contribution in [0.3, 0.4) is 0 Å². The second kappa shape index (κ2) is 8.41. The quantitative estimate of drug-likeness (QED) is 0.836. The van der Waals surface area contributed by atoms with Gasteiger partial charge in [-0.25, -0.2) is 0 Å². The third-order valence-corrected chi connectivity index (χ3v) is 4.67. The van der Waals surface area contributed by atoms with Gasteiger partial charge in [-0.3, -0.25) is 4.79 Å². The number of aliphatic hydroxyl groups excluding tert-OH is 1. The molecule has 1 aliphatic rings. The molecule has 0 aromatic heterocycles. The smallest absolute Gasteiger partial charge is 0.224 e. The molecule has 1 aromatic rings. The van der Waals surface area contributed by atoms with Gasteiger partial charge >= 0.3 is 0 Å². The lowest BCUT2D eigenvalue weighted by Gasteiger charge is -2.39. The van der Waals surface area contributed by atoms with Gasteiger partial charge in [-0.15, -0.1) is 0 Å². The number of benzene rings is 1. The number of hydrogen-bond donors (Lipinski definition) is 2. The van der Waals surface area contributed by atoms with Crippen LogP contribution in [-0.2, 0) is 4.79 Å². The molecule has 1 heterocycles. The van der Waals surface area contributed by atoms with Gasteiger partial charge in [-0.2, -0.15) is 0 Å². The molecule has 1 amide bonds. The van der Waals surface area contributed by atoms with Crippen molar-refractivity contribution in [2.24, 2.45) is 5.92 Å². The third-order valence-electron chi connectivity index (χ3n) is 4.44. The zero-order valence-electron chi connectivity index (χ0n) is 13.7. The number of halogens is 1. The van der Waals surface area contributed by atoms with E-state index < -0.39 is 0 Å². The minimum atomic E-state index is -0.0584. The molecule has 128 valence electrons. The summed E-state index contributed by atoms with van der Waals surface area (Å²) in [7, 11) is 1.60. The summed E-state index contributed by atoms with van der Waals surface area (Å²) in [4.78, 5) is 14.3. The molecule has 1 aromatic carbocycles. The summed E-state index contributed by atoms with van der Waals surface area (Å²) in [5.74, 6) is 1.12. The highest BCUT2D eigenvalue weighted by molar-refractivity contribution is 6.30. The van der Waals surface area contributed by atoms with Crippen molar-refractivity contribution in [3.63, 3.8) is 0 Å². The number of aliphatic hydroxyl groups is 1. The summed E-state index contributed by atoms with van der Waals surface area (Å²) in [6.45, 7) is 3.35. The summed E-state index contributed by atoms with van der Waals surface area (Å²) in [6, 6.07) is 5.28. The van der Waals surface area contributed by atoms with E-state index in [2.05, 4.69) is 12.2 Å². The maximum Gasteiger partial charge on any atom is 0.224 e. The Morgan fingerprint density at radius 1 is 1.52 bits per heavy atom. The number of nitrogens with zero attached hydrogens (tertiary/aromatic N) is 1. The summed E-state index contributed by atoms with van der Waals surface area (Å²) < 4.78 is 5.27. The number of likely N-dealkylation sites (tertiary alicyclic amines) is 1. The molecule has 23 heavy (non-hydrogen) atoms. The van der Waals surface area contributed by atoms with Crippen LogP contribution < -0.4 is 10.1 Å². The Balaban J connectivity index is 1.90. The summed E-state index contributed by atoms with van der Waals surface area (Å²) in [5, 5.41) is 13.4. The van der Waals surface area contributed by atoms with E-state index >= 15 is 0 Å². The van der Waals surface area contributed by atoms with Gasteiger partial charge in [0.15, 0.2) is 0 Å². The van der Waals surface area contributed by atoms with Crippen molar-refractivity contribution in [2.45, 2.75) is 32.2 Å². The van der Waals surface area contributed by atoms with Crippen LogP contribution in [0.15, 0.2) is 18.2 Å². The van der Waals surface area contributed by atoms with Crippen LogP contribution in [0.4, 0.5) is 5.69 Å². The first-order valence-electron chi connectivity index (χ1n) is 8.04. The minimum Gasteiger partial charge on any atom is -0.495 e. The zero-order chi connectivity index (χ0) is 16.8. The summed E-state index contributed by atoms with van der Waals surface area (Å²) >= 11 is 5.99. The summed E-state index contributed by atoms with van der Waals surface area (Å²) in [5.41, 5.74) is 0.776. The average Bonchev–Trinajstić information content (AvgIpc) is 2.54. The molecule has 1 saturated heterocycles. The average molecular weight is 341 g/mol. The molecule has 1 aliphatic heterocycles. The Kier molecular flexibility index (Phi) is 6.54. The molecule has 5 nitrogen and oxygen atoms in total. The second-order valence-corrected chi connectivity index (χ2v) is 6.41. The Bertz CT molecular complexity index is 539. The monoisotopic (exact) mass is 340 g/mol. The van der Waals surface area contributed by atoms with Crippen molar-refractivity contribution in [1.82, 2.24) is 4.90 Å². The molecule has 0 saturated carbocycles. The lowest BCUT2D eigenvalue weighted by atomic mass is 9.91. The first-order valence-corrected chi connectivity index (χ1v) is 8.42. The van der Waals surface area contributed by atoms with E-state index in [4.69, 9.17) is 16.3 Å². The fraction of sp³-hybridized carbons (Fsp3) is 0.588. The van der Waals surface area contributed by atoms with Crippen LogP contribution >= 0.6 is 11.6 Å². The fourth-order valence-corrected chi connectivity index (χ4v) is 3.28. The largest absolute Gasteiger partial charge is 0.495 e. The highest BCUT2D eigenvalue weighted by Crippen LogP contribution is 2.28. The van der Waals surface area contributed by atoms with Crippen molar-refractivity contribution >= 4 is 23.2 Å². The van der Waals surface area contributed by atoms with E-state index in [0.717, 1.165) is 25.1 Å². The predicted octanol–water partition coefficient (Wildman–Crippen LogP) is 2.77. The van der Waals surface area contributed by atoms with Crippen LogP contribution in [0.2, 0.25) is 5.02 Å². The van der Waals surface area contributed by atoms with E-state index in [9.17, 15) is 9.90 Å². The highest BCUT2D eigenvalue weighted by Gasteiger charge is 2.30. The van der Waals surface area contributed by atoms with E-state index in [-0.39, 0.29) is 18.6 Å². The number of methoxy groups -OCH3 is 1. The SMILES string of the molecule is COc1ccc(Cl)cc1NCCC(=O)N1CCCC(C)C1CO. The number of anilines is 1. The van der Waals surface area contributed by atoms with Gasteiger partial charge in [0.05, 0.1) is 25.4 Å². The van der Waals surface area contributed by atoms with E-state index in [1.807, 2.05) is 4.90 Å². The van der Waals surface area contributed by atoms with Crippen molar-refractivity contribution in [1.29, 1.82) is 0 Å². The molecule has 2 rings (SSSR count). The van der Waals surface area contributed by atoms with Crippen LogP contribution in [0.1, 0.15) is 26.2 Å². The van der Waals surface area contributed by atoms with E-state index in [0.29, 0.717) is 29.7 Å². The molecule has 2 atom stereocenters. The van der Waals surface area contributed by atoms with E-state index in [1.54, 1.807) is 25.3 Å². The van der Waals surface area contributed by atoms with E-state index in [1.165, 1.54) is 0 Å². The number of piperidine rings is 1. The van der Waals surface area contributed by atoms with Gasteiger partial charge in [0.1, 0.15) is 5.75 Å². The number of amides is 1. The highest BCUT2D eigenvalue weighted by atomic mass is 35.5. The van der Waals surface area contributed by atoms with Gasteiger partial charge in [0, 0.05) is 24.5 Å². The molecule has 0 aliphatic carbocycles. The van der Waals surface area contributed by atoms with Gasteiger partial charge in [0.2, 0.25) is 5.91 Å². The van der Waals surface area contributed by atoms with Crippen molar-refractivity contribution in [2.75, 3.05) is 32.1 Å². The molecule has 6 heteroatoms. The van der Waals surface area contributed by atoms with Crippen LogP contribution in [-0.4, -0.2) is 48.8 Å². The van der Waals surface area contributed by atoms with Crippen LogP contribution in [0.5, 0.6) is 5.75 Å². The standard InChI is InChI=1S/C17H25ClN2O3/c1-12-4-3-9-20(15(12)11-21)17(22)7-8-19-14-10-13(18)5-6-16(14)23-2/h5-6,10,12,15,19,21H,3-4,7-9,11H2,1-2H3. The number of carbonyl (C=O) groups is 1. The Morgan fingerprint density at radius 2 is 2.30 bits per heavy atom. The number of carbonyl (C=O) groups excluding carboxylic acids is 1. The first-order chi connectivity index (χ1) is 11.1. The molecular formula is C17H25ClN2O3. The Morgan fingerprint density at radius 3 is 3.00 bits per heavy atom. The minimum absolute atomic E-state index is 0.0302. The zero-order valence-corrected chi connectivity index (χ0v) is 14.5. The Labute approximate surface area is 142 Å².